The van der Waals surface area contributed by atoms with E-state index in [4.69, 9.17) is 11.5 Å². The molecule has 0 aromatic rings. The average Bonchev–Trinajstić information content (AvgIpc) is 1.87. The largest absolute Gasteiger partial charge is 0.390 e. The molecule has 0 radical (unpaired) electrons. The van der Waals surface area contributed by atoms with Gasteiger partial charge in [0.2, 0.25) is 0 Å². The maximum Gasteiger partial charge on any atom is 0.0905 e. The molecule has 0 aromatic carbocycles. The maximum atomic E-state index is 5.29. The Hall–Kier alpha value is -1.06. The summed E-state index contributed by atoms with van der Waals surface area (Å²) in [7, 11) is 0. The summed E-state index contributed by atoms with van der Waals surface area (Å²) >= 11 is 0. The minimum atomic E-state index is 0.622. The summed E-state index contributed by atoms with van der Waals surface area (Å²) in [5.41, 5.74) is 10.3. The molecule has 4 nitrogen and oxygen atoms in total. The molecule has 58 valence electrons. The van der Waals surface area contributed by atoms with E-state index >= 15 is 0 Å². The van der Waals surface area contributed by atoms with Crippen LogP contribution in [-0.2, 0) is 0 Å². The first-order valence-electron chi connectivity index (χ1n) is 3.24. The van der Waals surface area contributed by atoms with Crippen molar-refractivity contribution in [2.75, 3.05) is 13.1 Å². The zero-order valence-electron chi connectivity index (χ0n) is 6.25. The number of amidine groups is 1. The van der Waals surface area contributed by atoms with Crippen molar-refractivity contribution in [1.29, 1.82) is 0 Å². The Labute approximate surface area is 61.0 Å². The van der Waals surface area contributed by atoms with Gasteiger partial charge in [-0.15, -0.1) is 0 Å². The van der Waals surface area contributed by atoms with Crippen molar-refractivity contribution >= 4 is 12.2 Å². The molecule has 0 spiro atoms. The summed E-state index contributed by atoms with van der Waals surface area (Å²) in [6.07, 6.45) is 2.21. The van der Waals surface area contributed by atoms with Gasteiger partial charge in [0.15, 0.2) is 0 Å². The third-order valence-corrected chi connectivity index (χ3v) is 0.912. The van der Waals surface area contributed by atoms with Crippen molar-refractivity contribution in [3.8, 4) is 0 Å². The summed E-state index contributed by atoms with van der Waals surface area (Å²) < 4.78 is 0. The highest BCUT2D eigenvalue weighted by Crippen LogP contribution is 1.81. The molecule has 10 heavy (non-hydrogen) atoms. The number of hydrogen-bond acceptors (Lipinski definition) is 2. The fourth-order valence-corrected chi connectivity index (χ4v) is 0.492. The molecule has 0 rings (SSSR count). The molecule has 0 saturated heterocycles. The lowest BCUT2D eigenvalue weighted by Crippen LogP contribution is -2.06. The Balaban J connectivity index is 3.13. The van der Waals surface area contributed by atoms with Crippen LogP contribution in [0.4, 0.5) is 0 Å². The Morgan fingerprint density at radius 1 is 1.50 bits per heavy atom. The van der Waals surface area contributed by atoms with Crippen LogP contribution in [0.2, 0.25) is 0 Å². The molecule has 0 unspecified atom stereocenters. The summed E-state index contributed by atoms with van der Waals surface area (Å²) in [6, 6.07) is 0. The van der Waals surface area contributed by atoms with Crippen LogP contribution in [0.15, 0.2) is 9.98 Å². The van der Waals surface area contributed by atoms with Crippen molar-refractivity contribution in [1.82, 2.24) is 0 Å². The van der Waals surface area contributed by atoms with Gasteiger partial charge in [-0.05, 0) is 13.3 Å². The molecule has 0 amide bonds. The van der Waals surface area contributed by atoms with Crippen LogP contribution < -0.4 is 11.5 Å². The third-order valence-electron chi connectivity index (χ3n) is 0.912. The minimum Gasteiger partial charge on any atom is -0.390 e. The molecular weight excluding hydrogens is 128 g/mol. The van der Waals surface area contributed by atoms with Gasteiger partial charge in [0.05, 0.1) is 12.2 Å². The fourth-order valence-electron chi connectivity index (χ4n) is 0.492. The first-order chi connectivity index (χ1) is 4.77. The normalized spacial score (nSPS) is 12.7. The number of aliphatic imine (C=N–C) groups is 2. The van der Waals surface area contributed by atoms with E-state index in [-0.39, 0.29) is 0 Å². The molecule has 0 aliphatic heterocycles. The van der Waals surface area contributed by atoms with Gasteiger partial charge in [-0.25, -0.2) is 0 Å². The van der Waals surface area contributed by atoms with E-state index in [1.807, 2.05) is 0 Å². The van der Waals surface area contributed by atoms with Gasteiger partial charge in [-0.2, -0.15) is 0 Å². The Morgan fingerprint density at radius 2 is 2.20 bits per heavy atom. The lowest BCUT2D eigenvalue weighted by Gasteiger charge is -1.91. The van der Waals surface area contributed by atoms with E-state index in [0.29, 0.717) is 5.84 Å². The van der Waals surface area contributed by atoms with Gasteiger partial charge in [0.1, 0.15) is 0 Å². The monoisotopic (exact) mass is 142 g/mol. The van der Waals surface area contributed by atoms with Crippen LogP contribution in [0, 0.1) is 0 Å². The van der Waals surface area contributed by atoms with Gasteiger partial charge >= 0.3 is 0 Å². The van der Waals surface area contributed by atoms with E-state index in [0.717, 1.165) is 19.5 Å². The van der Waals surface area contributed by atoms with Crippen molar-refractivity contribution in [3.63, 3.8) is 0 Å². The van der Waals surface area contributed by atoms with Crippen LogP contribution in [0.25, 0.3) is 0 Å². The SMILES string of the molecule is CC(N)=NCCCN=CN. The lowest BCUT2D eigenvalue weighted by atomic mass is 10.4. The van der Waals surface area contributed by atoms with Crippen molar-refractivity contribution in [2.24, 2.45) is 21.5 Å². The van der Waals surface area contributed by atoms with Crippen LogP contribution >= 0.6 is 0 Å². The van der Waals surface area contributed by atoms with Crippen LogP contribution in [-0.4, -0.2) is 25.3 Å². The highest BCUT2D eigenvalue weighted by Gasteiger charge is 1.81. The van der Waals surface area contributed by atoms with Crippen LogP contribution in [0.3, 0.4) is 0 Å². The summed E-state index contributed by atoms with van der Waals surface area (Å²) in [5, 5.41) is 0. The van der Waals surface area contributed by atoms with Crippen LogP contribution in [0.5, 0.6) is 0 Å². The van der Waals surface area contributed by atoms with E-state index in [2.05, 4.69) is 9.98 Å². The van der Waals surface area contributed by atoms with E-state index in [1.54, 1.807) is 6.92 Å². The molecular formula is C6H14N4. The van der Waals surface area contributed by atoms with Crippen LogP contribution in [0.1, 0.15) is 13.3 Å². The zero-order chi connectivity index (χ0) is 7.82. The van der Waals surface area contributed by atoms with Gasteiger partial charge in [-0.1, -0.05) is 0 Å². The molecule has 0 fully saturated rings. The van der Waals surface area contributed by atoms with Gasteiger partial charge < -0.3 is 11.5 Å². The average molecular weight is 142 g/mol. The zero-order valence-corrected chi connectivity index (χ0v) is 6.25. The summed E-state index contributed by atoms with van der Waals surface area (Å²) in [4.78, 5) is 7.79. The second-order valence-corrected chi connectivity index (χ2v) is 1.93. The third kappa shape index (κ3) is 6.94. The topological polar surface area (TPSA) is 76.8 Å². The first kappa shape index (κ1) is 8.94. The van der Waals surface area contributed by atoms with Gasteiger partial charge in [0.25, 0.3) is 0 Å². The molecule has 0 aliphatic carbocycles. The second kappa shape index (κ2) is 6.07. The molecule has 0 saturated carbocycles. The highest BCUT2D eigenvalue weighted by molar-refractivity contribution is 5.77. The molecule has 0 atom stereocenters. The molecule has 0 bridgehead atoms. The molecule has 4 heteroatoms. The van der Waals surface area contributed by atoms with Crippen molar-refractivity contribution in [2.45, 2.75) is 13.3 Å². The van der Waals surface area contributed by atoms with E-state index in [1.165, 1.54) is 6.34 Å². The Kier molecular flexibility index (Phi) is 5.42. The molecule has 0 heterocycles. The predicted molar refractivity (Wildman–Crippen MR) is 44.3 cm³/mol. The first-order valence-corrected chi connectivity index (χ1v) is 3.24. The smallest absolute Gasteiger partial charge is 0.0905 e. The lowest BCUT2D eigenvalue weighted by molar-refractivity contribution is 0.845. The Bertz CT molecular complexity index is 124. The molecule has 4 N–H and O–H groups in total. The fraction of sp³-hybridized carbons (Fsp3) is 0.667. The number of hydrogen-bond donors (Lipinski definition) is 2. The molecule has 0 aromatic heterocycles. The predicted octanol–water partition coefficient (Wildman–Crippen LogP) is -0.259. The maximum absolute atomic E-state index is 5.29. The number of rotatable bonds is 4. The van der Waals surface area contributed by atoms with Crippen molar-refractivity contribution < 1.29 is 0 Å². The van der Waals surface area contributed by atoms with Gasteiger partial charge in [-0.3, -0.25) is 9.98 Å². The minimum absolute atomic E-state index is 0.622. The number of nitrogens with two attached hydrogens (primary N) is 2. The quantitative estimate of drug-likeness (QED) is 0.322. The van der Waals surface area contributed by atoms with Crippen molar-refractivity contribution in [3.05, 3.63) is 0 Å². The summed E-state index contributed by atoms with van der Waals surface area (Å²) in [5.74, 6) is 0.622. The second-order valence-electron chi connectivity index (χ2n) is 1.93. The molecule has 0 aliphatic rings. The Morgan fingerprint density at radius 3 is 2.70 bits per heavy atom. The van der Waals surface area contributed by atoms with E-state index < -0.39 is 0 Å². The number of nitrogens with zero attached hydrogens (tertiary/aromatic N) is 2. The highest BCUT2D eigenvalue weighted by atomic mass is 14.8. The van der Waals surface area contributed by atoms with Gasteiger partial charge in [0, 0.05) is 13.1 Å². The van der Waals surface area contributed by atoms with E-state index in [9.17, 15) is 0 Å². The standard InChI is InChI=1S/C6H14N4/c1-6(8)10-4-2-3-9-5-7/h5H,2-4H2,1H3,(H2,7,9)(H2,8,10). The summed E-state index contributed by atoms with van der Waals surface area (Å²) in [6.45, 7) is 3.24.